The minimum Gasteiger partial charge on any atom is -0.396 e. The summed E-state index contributed by atoms with van der Waals surface area (Å²) in [6.07, 6.45) is 1.74. The first-order valence-electron chi connectivity index (χ1n) is 6.86. The smallest absolute Gasteiger partial charge is 0.270 e. The average Bonchev–Trinajstić information content (AvgIpc) is 2.89. The Morgan fingerprint density at radius 1 is 1.35 bits per heavy atom. The van der Waals surface area contributed by atoms with Crippen LogP contribution in [0.3, 0.4) is 0 Å². The number of nitrogens with zero attached hydrogens (tertiary/aromatic N) is 1. The summed E-state index contributed by atoms with van der Waals surface area (Å²) >= 11 is 5.95. The summed E-state index contributed by atoms with van der Waals surface area (Å²) in [5.74, 6) is 0.356. The highest BCUT2D eigenvalue weighted by atomic mass is 35.5. The lowest BCUT2D eigenvalue weighted by Crippen LogP contribution is -2.39. The Bertz CT molecular complexity index is 630. The highest BCUT2D eigenvalue weighted by Gasteiger charge is 2.24. The van der Waals surface area contributed by atoms with Gasteiger partial charge in [0.25, 0.3) is 5.91 Å². The molecule has 1 aromatic carbocycles. The van der Waals surface area contributed by atoms with Gasteiger partial charge >= 0.3 is 0 Å². The molecule has 0 atom stereocenters. The molecule has 1 aliphatic rings. The SMILES string of the molecule is O=C(c1cc2ccc(Cl)cc2[nH]1)N1CCC(CO)CC1. The third kappa shape index (κ3) is 2.53. The van der Waals surface area contributed by atoms with E-state index in [-0.39, 0.29) is 12.5 Å². The zero-order valence-electron chi connectivity index (χ0n) is 11.1. The van der Waals surface area contributed by atoms with Gasteiger partial charge in [-0.15, -0.1) is 0 Å². The molecular formula is C15H17ClN2O2. The Morgan fingerprint density at radius 3 is 2.80 bits per heavy atom. The van der Waals surface area contributed by atoms with Crippen molar-refractivity contribution in [2.24, 2.45) is 5.92 Å². The Kier molecular flexibility index (Phi) is 3.68. The lowest BCUT2D eigenvalue weighted by Gasteiger charge is -2.30. The van der Waals surface area contributed by atoms with Crippen molar-refractivity contribution in [3.63, 3.8) is 0 Å². The molecule has 0 unspecified atom stereocenters. The second-order valence-electron chi connectivity index (χ2n) is 5.33. The largest absolute Gasteiger partial charge is 0.396 e. The molecule has 0 bridgehead atoms. The number of amides is 1. The summed E-state index contributed by atoms with van der Waals surface area (Å²) in [5.41, 5.74) is 1.48. The fraction of sp³-hybridized carbons (Fsp3) is 0.400. The van der Waals surface area contributed by atoms with E-state index in [4.69, 9.17) is 16.7 Å². The number of aromatic nitrogens is 1. The van der Waals surface area contributed by atoms with E-state index in [1.807, 2.05) is 29.2 Å². The van der Waals surface area contributed by atoms with Crippen molar-refractivity contribution in [3.8, 4) is 0 Å². The van der Waals surface area contributed by atoms with Crippen molar-refractivity contribution in [1.29, 1.82) is 0 Å². The van der Waals surface area contributed by atoms with E-state index in [0.29, 0.717) is 29.7 Å². The molecule has 1 aromatic heterocycles. The number of hydrogen-bond acceptors (Lipinski definition) is 2. The second kappa shape index (κ2) is 5.46. The van der Waals surface area contributed by atoms with E-state index in [2.05, 4.69) is 4.98 Å². The highest BCUT2D eigenvalue weighted by Crippen LogP contribution is 2.22. The predicted molar refractivity (Wildman–Crippen MR) is 79.0 cm³/mol. The van der Waals surface area contributed by atoms with E-state index < -0.39 is 0 Å². The number of H-pyrrole nitrogens is 1. The number of nitrogens with one attached hydrogen (secondary N) is 1. The topological polar surface area (TPSA) is 56.3 Å². The normalized spacial score (nSPS) is 16.8. The maximum absolute atomic E-state index is 12.4. The summed E-state index contributed by atoms with van der Waals surface area (Å²) < 4.78 is 0. The van der Waals surface area contributed by atoms with Gasteiger partial charge in [-0.1, -0.05) is 17.7 Å². The summed E-state index contributed by atoms with van der Waals surface area (Å²) in [6.45, 7) is 1.63. The summed E-state index contributed by atoms with van der Waals surface area (Å²) in [4.78, 5) is 17.4. The van der Waals surface area contributed by atoms with Gasteiger partial charge in [-0.3, -0.25) is 4.79 Å². The summed E-state index contributed by atoms with van der Waals surface area (Å²) in [5, 5.41) is 10.8. The van der Waals surface area contributed by atoms with Crippen LogP contribution in [0.25, 0.3) is 10.9 Å². The van der Waals surface area contributed by atoms with E-state index >= 15 is 0 Å². The van der Waals surface area contributed by atoms with Gasteiger partial charge in [-0.2, -0.15) is 0 Å². The van der Waals surface area contributed by atoms with Crippen LogP contribution in [0, 0.1) is 5.92 Å². The Hall–Kier alpha value is -1.52. The van der Waals surface area contributed by atoms with Gasteiger partial charge in [-0.25, -0.2) is 0 Å². The number of aliphatic hydroxyl groups excluding tert-OH is 1. The molecule has 2 N–H and O–H groups in total. The third-order valence-corrected chi connectivity index (χ3v) is 4.21. The van der Waals surface area contributed by atoms with Crippen molar-refractivity contribution >= 4 is 28.4 Å². The van der Waals surface area contributed by atoms with Gasteiger partial charge in [0.05, 0.1) is 0 Å². The fourth-order valence-corrected chi connectivity index (χ4v) is 2.88. The molecule has 0 radical (unpaired) electrons. The predicted octanol–water partition coefficient (Wildman–Crippen LogP) is 2.67. The molecule has 2 aromatic rings. The molecule has 0 saturated carbocycles. The maximum atomic E-state index is 12.4. The Morgan fingerprint density at radius 2 is 2.10 bits per heavy atom. The number of likely N-dealkylation sites (tertiary alicyclic amines) is 1. The molecular weight excluding hydrogens is 276 g/mol. The molecule has 0 aliphatic carbocycles. The second-order valence-corrected chi connectivity index (χ2v) is 5.77. The number of piperidine rings is 1. The first kappa shape index (κ1) is 13.5. The van der Waals surface area contributed by atoms with Gasteiger partial charge in [-0.05, 0) is 37.0 Å². The number of aliphatic hydroxyl groups is 1. The third-order valence-electron chi connectivity index (χ3n) is 3.97. The van der Waals surface area contributed by atoms with Gasteiger partial charge < -0.3 is 15.0 Å². The van der Waals surface area contributed by atoms with Crippen LogP contribution < -0.4 is 0 Å². The van der Waals surface area contributed by atoms with Crippen LogP contribution in [0.5, 0.6) is 0 Å². The molecule has 3 rings (SSSR count). The van der Waals surface area contributed by atoms with Crippen LogP contribution in [-0.4, -0.2) is 40.6 Å². The van der Waals surface area contributed by atoms with Crippen molar-refractivity contribution < 1.29 is 9.90 Å². The number of carbonyl (C=O) groups excluding carboxylic acids is 1. The number of halogens is 1. The summed E-state index contributed by atoms with van der Waals surface area (Å²) in [7, 11) is 0. The molecule has 1 fully saturated rings. The number of aromatic amines is 1. The zero-order valence-corrected chi connectivity index (χ0v) is 11.9. The fourth-order valence-electron chi connectivity index (χ4n) is 2.70. The number of hydrogen-bond donors (Lipinski definition) is 2. The van der Waals surface area contributed by atoms with Gasteiger partial charge in [0.2, 0.25) is 0 Å². The van der Waals surface area contributed by atoms with Crippen LogP contribution in [0.4, 0.5) is 0 Å². The van der Waals surface area contributed by atoms with Gasteiger partial charge in [0, 0.05) is 35.6 Å². The molecule has 106 valence electrons. The average molecular weight is 293 g/mol. The molecule has 1 saturated heterocycles. The number of fused-ring (bicyclic) bond motifs is 1. The van der Waals surface area contributed by atoms with Crippen LogP contribution in [0.1, 0.15) is 23.3 Å². The first-order chi connectivity index (χ1) is 9.67. The van der Waals surface area contributed by atoms with Crippen molar-refractivity contribution in [3.05, 3.63) is 35.0 Å². The summed E-state index contributed by atoms with van der Waals surface area (Å²) in [6, 6.07) is 7.42. The van der Waals surface area contributed by atoms with Crippen LogP contribution in [0.2, 0.25) is 5.02 Å². The molecule has 20 heavy (non-hydrogen) atoms. The highest BCUT2D eigenvalue weighted by molar-refractivity contribution is 6.31. The quantitative estimate of drug-likeness (QED) is 0.894. The zero-order chi connectivity index (χ0) is 14.1. The maximum Gasteiger partial charge on any atom is 0.270 e. The number of benzene rings is 1. The molecule has 5 heteroatoms. The molecule has 2 heterocycles. The number of carbonyl (C=O) groups is 1. The van der Waals surface area contributed by atoms with Crippen LogP contribution in [-0.2, 0) is 0 Å². The Labute approximate surface area is 122 Å². The number of rotatable bonds is 2. The van der Waals surface area contributed by atoms with Gasteiger partial charge in [0.15, 0.2) is 0 Å². The van der Waals surface area contributed by atoms with Crippen molar-refractivity contribution in [1.82, 2.24) is 9.88 Å². The minimum atomic E-state index is 0.0220. The lowest BCUT2D eigenvalue weighted by atomic mass is 9.98. The molecule has 1 amide bonds. The van der Waals surface area contributed by atoms with E-state index in [1.54, 1.807) is 0 Å². The molecule has 1 aliphatic heterocycles. The van der Waals surface area contributed by atoms with Gasteiger partial charge in [0.1, 0.15) is 5.69 Å². The first-order valence-corrected chi connectivity index (χ1v) is 7.23. The standard InChI is InChI=1S/C15H17ClN2O2/c16-12-2-1-11-7-14(17-13(11)8-12)15(20)18-5-3-10(9-19)4-6-18/h1-2,7-8,10,17,19H,3-6,9H2. The minimum absolute atomic E-state index is 0.0220. The van der Waals surface area contributed by atoms with Crippen molar-refractivity contribution in [2.45, 2.75) is 12.8 Å². The van der Waals surface area contributed by atoms with Crippen LogP contribution in [0.15, 0.2) is 24.3 Å². The van der Waals surface area contributed by atoms with E-state index in [1.165, 1.54) is 0 Å². The molecule has 4 nitrogen and oxygen atoms in total. The van der Waals surface area contributed by atoms with E-state index in [0.717, 1.165) is 23.7 Å². The van der Waals surface area contributed by atoms with E-state index in [9.17, 15) is 4.79 Å². The molecule has 0 spiro atoms. The monoisotopic (exact) mass is 292 g/mol. The van der Waals surface area contributed by atoms with Crippen LogP contribution >= 0.6 is 11.6 Å². The van der Waals surface area contributed by atoms with Crippen molar-refractivity contribution in [2.75, 3.05) is 19.7 Å². The Balaban J connectivity index is 1.79. The lowest BCUT2D eigenvalue weighted by molar-refractivity contribution is 0.0646.